The predicted molar refractivity (Wildman–Crippen MR) is 125 cm³/mol. The lowest BCUT2D eigenvalue weighted by Gasteiger charge is -2.40. The molecule has 4 nitrogen and oxygen atoms in total. The molecule has 0 radical (unpaired) electrons. The molecule has 2 saturated heterocycles. The zero-order chi connectivity index (χ0) is 22.6. The number of hydrogen-bond acceptors (Lipinski definition) is 4. The summed E-state index contributed by atoms with van der Waals surface area (Å²) in [5, 5.41) is 0. The highest BCUT2D eigenvalue weighted by molar-refractivity contribution is 5.73. The van der Waals surface area contributed by atoms with E-state index in [1.807, 2.05) is 0 Å². The van der Waals surface area contributed by atoms with Crippen LogP contribution in [0.5, 0.6) is 0 Å². The normalized spacial score (nSPS) is 33.8. The van der Waals surface area contributed by atoms with Crippen LogP contribution in [0.4, 0.5) is 4.39 Å². The van der Waals surface area contributed by atoms with Gasteiger partial charge in [-0.1, -0.05) is 51.9 Å². The van der Waals surface area contributed by atoms with Crippen molar-refractivity contribution < 1.29 is 23.4 Å². The van der Waals surface area contributed by atoms with Gasteiger partial charge in [0, 0.05) is 11.8 Å². The molecule has 2 unspecified atom stereocenters. The number of ether oxygens (including phenoxy) is 3. The van der Waals surface area contributed by atoms with Crippen LogP contribution in [-0.4, -0.2) is 38.3 Å². The minimum absolute atomic E-state index is 0.0626. The third kappa shape index (κ3) is 8.27. The molecular weight excluding hydrogens is 407 g/mol. The maximum Gasteiger partial charge on any atom is 0.309 e. The maximum absolute atomic E-state index is 12.6. The fraction of sp³-hybridized carbons (Fsp3) is 0.963. The molecule has 0 aromatic rings. The molecule has 2 aliphatic heterocycles. The van der Waals surface area contributed by atoms with Gasteiger partial charge in [0.1, 0.15) is 6.10 Å². The summed E-state index contributed by atoms with van der Waals surface area (Å²) in [4.78, 5) is 12.6. The van der Waals surface area contributed by atoms with E-state index in [1.54, 1.807) is 0 Å². The summed E-state index contributed by atoms with van der Waals surface area (Å²) in [6.07, 6.45) is 17.9. The van der Waals surface area contributed by atoms with Gasteiger partial charge < -0.3 is 14.2 Å². The molecule has 3 rings (SSSR count). The van der Waals surface area contributed by atoms with Gasteiger partial charge in [0.15, 0.2) is 6.29 Å². The van der Waals surface area contributed by atoms with Crippen molar-refractivity contribution in [3.8, 4) is 0 Å². The summed E-state index contributed by atoms with van der Waals surface area (Å²) >= 11 is 0. The molecule has 0 spiro atoms. The van der Waals surface area contributed by atoms with Crippen LogP contribution >= 0.6 is 0 Å². The van der Waals surface area contributed by atoms with E-state index in [1.165, 1.54) is 38.5 Å². The molecule has 186 valence electrons. The zero-order valence-corrected chi connectivity index (χ0v) is 20.4. The van der Waals surface area contributed by atoms with Crippen molar-refractivity contribution in [3.05, 3.63) is 0 Å². The standard InChI is InChI=1S/C27H47FO4/c1-2-3-4-5-6-7-8-11-23-16-17-25(32-26(23)29)22-12-14-24(15-13-22)27-30-19-21(20-31-27)10-9-18-28/h21-25,27H,2-20H2,1H3. The lowest BCUT2D eigenvalue weighted by atomic mass is 9.76. The largest absolute Gasteiger partial charge is 0.462 e. The topological polar surface area (TPSA) is 44.8 Å². The zero-order valence-electron chi connectivity index (χ0n) is 20.4. The lowest BCUT2D eigenvalue weighted by Crippen LogP contribution is -2.41. The van der Waals surface area contributed by atoms with E-state index in [2.05, 4.69) is 6.92 Å². The second-order valence-electron chi connectivity index (χ2n) is 10.6. The Morgan fingerprint density at radius 1 is 0.781 bits per heavy atom. The van der Waals surface area contributed by atoms with Crippen LogP contribution in [0, 0.1) is 23.7 Å². The average Bonchev–Trinajstić information content (AvgIpc) is 2.83. The Morgan fingerprint density at radius 2 is 1.44 bits per heavy atom. The Bertz CT molecular complexity index is 512. The Kier molecular flexibility index (Phi) is 11.8. The summed E-state index contributed by atoms with van der Waals surface area (Å²) in [6.45, 7) is 3.40. The summed E-state index contributed by atoms with van der Waals surface area (Å²) < 4.78 is 30.3. The fourth-order valence-electron chi connectivity index (χ4n) is 5.88. The SMILES string of the molecule is CCCCCCCCCC1CCC(C2CCC(C3OCC(CCCF)CO3)CC2)OC1=O. The summed E-state index contributed by atoms with van der Waals surface area (Å²) in [6, 6.07) is 0. The third-order valence-corrected chi connectivity index (χ3v) is 8.02. The van der Waals surface area contributed by atoms with E-state index in [-0.39, 0.29) is 31.0 Å². The van der Waals surface area contributed by atoms with Crippen molar-refractivity contribution in [3.63, 3.8) is 0 Å². The van der Waals surface area contributed by atoms with Crippen LogP contribution in [-0.2, 0) is 19.0 Å². The molecule has 0 N–H and O–H groups in total. The molecular formula is C27H47FO4. The molecule has 0 amide bonds. The first-order valence-electron chi connectivity index (χ1n) is 13.7. The van der Waals surface area contributed by atoms with E-state index in [0.29, 0.717) is 37.4 Å². The number of carbonyl (C=O) groups is 1. The maximum atomic E-state index is 12.6. The molecule has 0 aromatic heterocycles. The lowest BCUT2D eigenvalue weighted by molar-refractivity contribution is -0.231. The van der Waals surface area contributed by atoms with Gasteiger partial charge >= 0.3 is 5.97 Å². The van der Waals surface area contributed by atoms with Crippen molar-refractivity contribution in [1.29, 1.82) is 0 Å². The molecule has 2 atom stereocenters. The highest BCUT2D eigenvalue weighted by Gasteiger charge is 2.38. The highest BCUT2D eigenvalue weighted by Crippen LogP contribution is 2.39. The monoisotopic (exact) mass is 454 g/mol. The van der Waals surface area contributed by atoms with Crippen LogP contribution in [0.2, 0.25) is 0 Å². The Labute approximate surface area is 195 Å². The van der Waals surface area contributed by atoms with Gasteiger partial charge in [-0.2, -0.15) is 0 Å². The Morgan fingerprint density at radius 3 is 2.09 bits per heavy atom. The van der Waals surface area contributed by atoms with Crippen LogP contribution < -0.4 is 0 Å². The number of hydrogen-bond donors (Lipinski definition) is 0. The average molecular weight is 455 g/mol. The molecule has 3 fully saturated rings. The van der Waals surface area contributed by atoms with Gasteiger partial charge in [-0.15, -0.1) is 0 Å². The van der Waals surface area contributed by atoms with Crippen LogP contribution in [0.3, 0.4) is 0 Å². The smallest absolute Gasteiger partial charge is 0.309 e. The number of carbonyl (C=O) groups excluding carboxylic acids is 1. The molecule has 0 aromatic carbocycles. The molecule has 1 saturated carbocycles. The first kappa shape index (κ1) is 25.9. The van der Waals surface area contributed by atoms with Gasteiger partial charge in [0.05, 0.1) is 25.8 Å². The van der Waals surface area contributed by atoms with Crippen molar-refractivity contribution in [2.45, 2.75) is 122 Å². The van der Waals surface area contributed by atoms with Crippen LogP contribution in [0.25, 0.3) is 0 Å². The number of unbranched alkanes of at least 4 members (excludes halogenated alkanes) is 6. The fourth-order valence-corrected chi connectivity index (χ4v) is 5.88. The highest BCUT2D eigenvalue weighted by atomic mass is 19.1. The molecule has 0 bridgehead atoms. The summed E-state index contributed by atoms with van der Waals surface area (Å²) in [7, 11) is 0. The molecule has 1 aliphatic carbocycles. The molecule has 2 heterocycles. The summed E-state index contributed by atoms with van der Waals surface area (Å²) in [5.41, 5.74) is 0. The minimum atomic E-state index is -0.254. The minimum Gasteiger partial charge on any atom is -0.462 e. The number of cyclic esters (lactones) is 1. The number of esters is 1. The number of rotatable bonds is 13. The van der Waals surface area contributed by atoms with E-state index < -0.39 is 0 Å². The Balaban J connectivity index is 1.28. The third-order valence-electron chi connectivity index (χ3n) is 8.02. The van der Waals surface area contributed by atoms with E-state index in [4.69, 9.17) is 14.2 Å². The van der Waals surface area contributed by atoms with Crippen molar-refractivity contribution in [2.75, 3.05) is 19.9 Å². The van der Waals surface area contributed by atoms with Crippen molar-refractivity contribution in [1.82, 2.24) is 0 Å². The number of alkyl halides is 1. The van der Waals surface area contributed by atoms with Crippen molar-refractivity contribution in [2.24, 2.45) is 23.7 Å². The van der Waals surface area contributed by atoms with E-state index in [0.717, 1.165) is 57.8 Å². The van der Waals surface area contributed by atoms with Crippen LogP contribution in [0.1, 0.15) is 110 Å². The van der Waals surface area contributed by atoms with Gasteiger partial charge in [0.2, 0.25) is 0 Å². The predicted octanol–water partition coefficient (Wildman–Crippen LogP) is 6.99. The van der Waals surface area contributed by atoms with Gasteiger partial charge in [0.25, 0.3) is 0 Å². The first-order chi connectivity index (χ1) is 15.7. The van der Waals surface area contributed by atoms with Gasteiger partial charge in [-0.3, -0.25) is 9.18 Å². The molecule has 32 heavy (non-hydrogen) atoms. The molecule has 3 aliphatic rings. The van der Waals surface area contributed by atoms with Crippen LogP contribution in [0.15, 0.2) is 0 Å². The molecule has 5 heteroatoms. The second kappa shape index (κ2) is 14.6. The van der Waals surface area contributed by atoms with Crippen molar-refractivity contribution >= 4 is 5.97 Å². The van der Waals surface area contributed by atoms with E-state index >= 15 is 0 Å². The Hall–Kier alpha value is -0.680. The quantitative estimate of drug-likeness (QED) is 0.222. The van der Waals surface area contributed by atoms with Gasteiger partial charge in [-0.05, 0) is 63.7 Å². The summed E-state index contributed by atoms with van der Waals surface area (Å²) in [5.74, 6) is 1.47. The second-order valence-corrected chi connectivity index (χ2v) is 10.6. The van der Waals surface area contributed by atoms with Gasteiger partial charge in [-0.25, -0.2) is 0 Å². The van der Waals surface area contributed by atoms with E-state index in [9.17, 15) is 9.18 Å². The first-order valence-corrected chi connectivity index (χ1v) is 13.7. The number of halogens is 1.